The SMILES string of the molecule is COc1cccc(OC)c1-n1c(NS(=O)(=O)[C@@H](C)[C@H](C)c2cnc(C)c[n+]2[O-])nnc1-c1ccn(C)n1. The standard InChI is InChI=1S/C23H28N8O5S/c1-14-13-30(32)18(12-24-14)15(2)16(3)37(33,34)28-23-26-25-22(17-10-11-29(4)27-17)31(23)21-19(35-5)8-7-9-20(21)36-6/h7-13,15-16H,1-6H3,(H,26,28)/t15-,16-/m0/s1. The first-order chi connectivity index (χ1) is 17.6. The van der Waals surface area contributed by atoms with E-state index in [1.807, 2.05) is 0 Å². The number of nitrogens with zero attached hydrogens (tertiary/aromatic N) is 7. The Morgan fingerprint density at radius 1 is 1.11 bits per heavy atom. The number of para-hydroxylation sites is 1. The topological polar surface area (TPSA) is 153 Å². The summed E-state index contributed by atoms with van der Waals surface area (Å²) in [6, 6.07) is 6.89. The van der Waals surface area contributed by atoms with Crippen molar-refractivity contribution in [3.8, 4) is 28.7 Å². The lowest BCUT2D eigenvalue weighted by atomic mass is 10.1. The number of nitrogens with one attached hydrogen (secondary N) is 1. The number of methoxy groups -OCH3 is 2. The van der Waals surface area contributed by atoms with Gasteiger partial charge < -0.3 is 14.7 Å². The van der Waals surface area contributed by atoms with Crippen LogP contribution >= 0.6 is 0 Å². The molecular formula is C23H28N8O5S. The molecule has 1 aromatic carbocycles. The molecule has 4 aromatic rings. The van der Waals surface area contributed by atoms with Crippen molar-refractivity contribution in [2.24, 2.45) is 7.05 Å². The highest BCUT2D eigenvalue weighted by Gasteiger charge is 2.34. The third-order valence-electron chi connectivity index (χ3n) is 6.08. The molecule has 0 bridgehead atoms. The Labute approximate surface area is 214 Å². The maximum atomic E-state index is 13.5. The van der Waals surface area contributed by atoms with Crippen molar-refractivity contribution in [2.45, 2.75) is 31.9 Å². The second kappa shape index (κ2) is 10.0. The summed E-state index contributed by atoms with van der Waals surface area (Å²) in [5, 5.41) is 24.2. The van der Waals surface area contributed by atoms with Crippen LogP contribution in [0.3, 0.4) is 0 Å². The summed E-state index contributed by atoms with van der Waals surface area (Å²) in [5.41, 5.74) is 1.59. The normalized spacial score (nSPS) is 13.2. The predicted molar refractivity (Wildman–Crippen MR) is 135 cm³/mol. The molecule has 37 heavy (non-hydrogen) atoms. The molecule has 1 N–H and O–H groups in total. The fraction of sp³-hybridized carbons (Fsp3) is 0.348. The Bertz CT molecular complexity index is 1510. The highest BCUT2D eigenvalue weighted by molar-refractivity contribution is 7.93. The van der Waals surface area contributed by atoms with Crippen LogP contribution in [0.25, 0.3) is 17.2 Å². The Hall–Kier alpha value is -4.20. The Kier molecular flexibility index (Phi) is 7.03. The fourth-order valence-electron chi connectivity index (χ4n) is 3.86. The number of aryl methyl sites for hydroxylation is 2. The lowest BCUT2D eigenvalue weighted by Crippen LogP contribution is -2.39. The van der Waals surface area contributed by atoms with Crippen molar-refractivity contribution in [3.63, 3.8) is 0 Å². The second-order valence-corrected chi connectivity index (χ2v) is 10.5. The van der Waals surface area contributed by atoms with E-state index in [-0.39, 0.29) is 17.5 Å². The number of rotatable bonds is 9. The first-order valence-electron chi connectivity index (χ1n) is 11.3. The molecule has 0 saturated heterocycles. The molecule has 13 nitrogen and oxygen atoms in total. The van der Waals surface area contributed by atoms with E-state index < -0.39 is 21.2 Å². The summed E-state index contributed by atoms with van der Waals surface area (Å²) in [4.78, 5) is 4.14. The molecule has 2 atom stereocenters. The summed E-state index contributed by atoms with van der Waals surface area (Å²) < 4.78 is 44.4. The lowest BCUT2D eigenvalue weighted by Gasteiger charge is -2.21. The first kappa shape index (κ1) is 25.9. The van der Waals surface area contributed by atoms with E-state index >= 15 is 0 Å². The van der Waals surface area contributed by atoms with Gasteiger partial charge in [0.2, 0.25) is 27.9 Å². The first-order valence-corrected chi connectivity index (χ1v) is 12.9. The number of aromatic nitrogens is 7. The molecule has 0 unspecified atom stereocenters. The highest BCUT2D eigenvalue weighted by Crippen LogP contribution is 2.37. The molecule has 4 rings (SSSR count). The summed E-state index contributed by atoms with van der Waals surface area (Å²) in [7, 11) is 0.652. The van der Waals surface area contributed by atoms with Gasteiger partial charge in [0.25, 0.3) is 0 Å². The van der Waals surface area contributed by atoms with E-state index in [2.05, 4.69) is 25.0 Å². The fourth-order valence-corrected chi connectivity index (χ4v) is 5.11. The van der Waals surface area contributed by atoms with Crippen molar-refractivity contribution in [3.05, 3.63) is 59.5 Å². The molecule has 3 aromatic heterocycles. The molecular weight excluding hydrogens is 500 g/mol. The Morgan fingerprint density at radius 2 is 1.78 bits per heavy atom. The van der Waals surface area contributed by atoms with Crippen LogP contribution in [0.1, 0.15) is 31.2 Å². The Balaban J connectivity index is 1.82. The van der Waals surface area contributed by atoms with Gasteiger partial charge in [-0.25, -0.2) is 13.4 Å². The molecule has 14 heteroatoms. The number of hydrogen-bond acceptors (Lipinski definition) is 9. The van der Waals surface area contributed by atoms with Gasteiger partial charge in [0, 0.05) is 13.2 Å². The molecule has 3 heterocycles. The number of ether oxygens (including phenoxy) is 2. The van der Waals surface area contributed by atoms with Gasteiger partial charge in [-0.1, -0.05) is 13.0 Å². The van der Waals surface area contributed by atoms with Crippen molar-refractivity contribution in [2.75, 3.05) is 18.9 Å². The third-order valence-corrected chi connectivity index (χ3v) is 7.94. The van der Waals surface area contributed by atoms with Crippen LogP contribution in [0.4, 0.5) is 5.95 Å². The van der Waals surface area contributed by atoms with Crippen molar-refractivity contribution in [1.82, 2.24) is 29.5 Å². The van der Waals surface area contributed by atoms with Gasteiger partial charge in [-0.3, -0.25) is 14.0 Å². The molecule has 0 fully saturated rings. The second-order valence-electron chi connectivity index (χ2n) is 8.49. The largest absolute Gasteiger partial charge is 0.618 e. The molecule has 0 aliphatic carbocycles. The zero-order chi connectivity index (χ0) is 26.9. The van der Waals surface area contributed by atoms with Gasteiger partial charge in [0.1, 0.15) is 28.6 Å². The van der Waals surface area contributed by atoms with Gasteiger partial charge in [-0.2, -0.15) is 9.83 Å². The smallest absolute Gasteiger partial charge is 0.243 e. The van der Waals surface area contributed by atoms with Crippen molar-refractivity contribution >= 4 is 16.0 Å². The maximum absolute atomic E-state index is 13.5. The molecule has 196 valence electrons. The molecule has 0 amide bonds. The van der Waals surface area contributed by atoms with Crippen molar-refractivity contribution in [1.29, 1.82) is 0 Å². The van der Waals surface area contributed by atoms with Crippen LogP contribution in [0.15, 0.2) is 42.9 Å². The predicted octanol–water partition coefficient (Wildman–Crippen LogP) is 1.96. The minimum absolute atomic E-state index is 0.0977. The number of hydrogen-bond donors (Lipinski definition) is 1. The van der Waals surface area contributed by atoms with E-state index in [1.54, 1.807) is 56.0 Å². The van der Waals surface area contributed by atoms with E-state index in [1.165, 1.54) is 38.1 Å². The van der Waals surface area contributed by atoms with Crippen LogP contribution in [-0.4, -0.2) is 57.4 Å². The molecule has 0 saturated carbocycles. The minimum atomic E-state index is -4.08. The average Bonchev–Trinajstić information content (AvgIpc) is 3.47. The molecule has 0 aliphatic heterocycles. The van der Waals surface area contributed by atoms with Crippen LogP contribution < -0.4 is 18.9 Å². The monoisotopic (exact) mass is 528 g/mol. The van der Waals surface area contributed by atoms with Crippen LogP contribution in [0.5, 0.6) is 11.5 Å². The summed E-state index contributed by atoms with van der Waals surface area (Å²) in [5.74, 6) is 0.282. The van der Waals surface area contributed by atoms with Gasteiger partial charge in [-0.15, -0.1) is 10.2 Å². The summed E-state index contributed by atoms with van der Waals surface area (Å²) >= 11 is 0. The van der Waals surface area contributed by atoms with Gasteiger partial charge in [0.05, 0.1) is 31.6 Å². The van der Waals surface area contributed by atoms with E-state index in [4.69, 9.17) is 9.47 Å². The summed E-state index contributed by atoms with van der Waals surface area (Å²) in [6.45, 7) is 4.84. The minimum Gasteiger partial charge on any atom is -0.618 e. The number of anilines is 1. The molecule has 0 radical (unpaired) electrons. The van der Waals surface area contributed by atoms with Crippen LogP contribution in [-0.2, 0) is 17.1 Å². The lowest BCUT2D eigenvalue weighted by molar-refractivity contribution is -0.616. The van der Waals surface area contributed by atoms with Gasteiger partial charge in [-0.05, 0) is 32.0 Å². The maximum Gasteiger partial charge on any atom is 0.243 e. The number of benzene rings is 1. The third kappa shape index (κ3) is 4.91. The van der Waals surface area contributed by atoms with Crippen molar-refractivity contribution < 1.29 is 22.6 Å². The summed E-state index contributed by atoms with van der Waals surface area (Å²) in [6.07, 6.45) is 4.43. The highest BCUT2D eigenvalue weighted by atomic mass is 32.2. The molecule has 0 spiro atoms. The van der Waals surface area contributed by atoms with E-state index in [0.29, 0.717) is 33.3 Å². The van der Waals surface area contributed by atoms with E-state index in [0.717, 1.165) is 0 Å². The average molecular weight is 529 g/mol. The zero-order valence-corrected chi connectivity index (χ0v) is 22.1. The van der Waals surface area contributed by atoms with Crippen LogP contribution in [0.2, 0.25) is 0 Å². The number of sulfonamides is 1. The van der Waals surface area contributed by atoms with Gasteiger partial charge >= 0.3 is 0 Å². The Morgan fingerprint density at radius 3 is 2.35 bits per heavy atom. The quantitative estimate of drug-likeness (QED) is 0.254. The molecule has 0 aliphatic rings. The van der Waals surface area contributed by atoms with E-state index in [9.17, 15) is 13.6 Å². The zero-order valence-electron chi connectivity index (χ0n) is 21.3. The van der Waals surface area contributed by atoms with Crippen LogP contribution in [0, 0.1) is 12.1 Å². The van der Waals surface area contributed by atoms with Gasteiger partial charge in [0.15, 0.2) is 5.82 Å².